The Labute approximate surface area is 124 Å². The Bertz CT molecular complexity index is 594. The highest BCUT2D eigenvalue weighted by Crippen LogP contribution is 2.18. The van der Waals surface area contributed by atoms with Crippen LogP contribution in [0.1, 0.15) is 16.8 Å². The number of carboxylic acid groups (broad SMARTS) is 1. The number of benzene rings is 1. The maximum Gasteiger partial charge on any atom is 0.338 e. The summed E-state index contributed by atoms with van der Waals surface area (Å²) in [5, 5.41) is 11.1. The smallest absolute Gasteiger partial charge is 0.338 e. The molecule has 1 aliphatic heterocycles. The largest absolute Gasteiger partial charge is 0.478 e. The fourth-order valence-corrected chi connectivity index (χ4v) is 2.71. The average molecular weight is 312 g/mol. The number of amides is 2. The summed E-state index contributed by atoms with van der Waals surface area (Å²) in [6.07, 6.45) is 0.106. The van der Waals surface area contributed by atoms with Gasteiger partial charge in [0.25, 0.3) is 5.24 Å². The SMILES string of the molecule is O=C(CCN1CCSC1=O)Nc1ccc(C(=O)O)c(F)c1. The Morgan fingerprint density at radius 1 is 1.43 bits per heavy atom. The topological polar surface area (TPSA) is 86.7 Å². The Balaban J connectivity index is 1.89. The predicted octanol–water partition coefficient (Wildman–Crippen LogP) is 2.02. The lowest BCUT2D eigenvalue weighted by Crippen LogP contribution is -2.27. The van der Waals surface area contributed by atoms with Crippen LogP contribution in [0.25, 0.3) is 0 Å². The Kier molecular flexibility index (Phi) is 4.79. The zero-order valence-electron chi connectivity index (χ0n) is 11.0. The molecule has 1 fully saturated rings. The number of carbonyl (C=O) groups is 3. The molecular weight excluding hydrogens is 299 g/mol. The molecular formula is C13H13FN2O4S. The van der Waals surface area contributed by atoms with Gasteiger partial charge >= 0.3 is 5.97 Å². The van der Waals surface area contributed by atoms with Gasteiger partial charge in [-0.15, -0.1) is 0 Å². The molecule has 0 spiro atoms. The number of hydrogen-bond donors (Lipinski definition) is 2. The van der Waals surface area contributed by atoms with Crippen molar-refractivity contribution in [2.24, 2.45) is 0 Å². The number of rotatable bonds is 5. The third-order valence-corrected chi connectivity index (χ3v) is 3.83. The summed E-state index contributed by atoms with van der Waals surface area (Å²) in [4.78, 5) is 35.3. The third-order valence-electron chi connectivity index (χ3n) is 2.94. The molecule has 0 unspecified atom stereocenters. The Morgan fingerprint density at radius 3 is 2.76 bits per heavy atom. The number of aromatic carboxylic acids is 1. The van der Waals surface area contributed by atoms with Gasteiger partial charge in [-0.25, -0.2) is 9.18 Å². The van der Waals surface area contributed by atoms with Gasteiger partial charge in [0.1, 0.15) is 5.82 Å². The normalized spacial score (nSPS) is 14.3. The quantitative estimate of drug-likeness (QED) is 0.868. The van der Waals surface area contributed by atoms with E-state index in [0.29, 0.717) is 13.1 Å². The van der Waals surface area contributed by atoms with Crippen LogP contribution in [0.15, 0.2) is 18.2 Å². The van der Waals surface area contributed by atoms with Crippen LogP contribution in [0.5, 0.6) is 0 Å². The highest BCUT2D eigenvalue weighted by molar-refractivity contribution is 8.13. The first kappa shape index (κ1) is 15.3. The molecule has 1 saturated heterocycles. The van der Waals surface area contributed by atoms with E-state index in [1.807, 2.05) is 0 Å². The number of carboxylic acids is 1. The van der Waals surface area contributed by atoms with Crippen LogP contribution in [-0.4, -0.2) is 46.0 Å². The molecule has 2 rings (SSSR count). The van der Waals surface area contributed by atoms with E-state index in [9.17, 15) is 18.8 Å². The summed E-state index contributed by atoms with van der Waals surface area (Å²) >= 11 is 1.22. The van der Waals surface area contributed by atoms with Crippen LogP contribution >= 0.6 is 11.8 Å². The van der Waals surface area contributed by atoms with E-state index < -0.39 is 17.3 Å². The molecule has 0 saturated carbocycles. The van der Waals surface area contributed by atoms with E-state index >= 15 is 0 Å². The number of hydrogen-bond acceptors (Lipinski definition) is 4. The third kappa shape index (κ3) is 3.94. The Hall–Kier alpha value is -2.09. The molecule has 1 aromatic carbocycles. The van der Waals surface area contributed by atoms with Crippen molar-refractivity contribution in [2.75, 3.05) is 24.2 Å². The first-order valence-corrected chi connectivity index (χ1v) is 7.20. The minimum Gasteiger partial charge on any atom is -0.478 e. The fourth-order valence-electron chi connectivity index (χ4n) is 1.86. The molecule has 0 bridgehead atoms. The van der Waals surface area contributed by atoms with Gasteiger partial charge in [-0.2, -0.15) is 0 Å². The number of nitrogens with zero attached hydrogens (tertiary/aromatic N) is 1. The van der Waals surface area contributed by atoms with Crippen LogP contribution in [0.2, 0.25) is 0 Å². The van der Waals surface area contributed by atoms with Crippen molar-refractivity contribution in [3.63, 3.8) is 0 Å². The van der Waals surface area contributed by atoms with Crippen LogP contribution in [0.3, 0.4) is 0 Å². The molecule has 112 valence electrons. The van der Waals surface area contributed by atoms with Crippen molar-refractivity contribution in [3.05, 3.63) is 29.6 Å². The molecule has 1 heterocycles. The first-order valence-electron chi connectivity index (χ1n) is 6.22. The van der Waals surface area contributed by atoms with E-state index in [1.165, 1.54) is 17.8 Å². The maximum absolute atomic E-state index is 13.4. The van der Waals surface area contributed by atoms with E-state index in [2.05, 4.69) is 5.32 Å². The van der Waals surface area contributed by atoms with Crippen molar-refractivity contribution in [2.45, 2.75) is 6.42 Å². The van der Waals surface area contributed by atoms with Gasteiger partial charge in [0.2, 0.25) is 5.91 Å². The summed E-state index contributed by atoms with van der Waals surface area (Å²) in [5.74, 6) is -1.91. The summed E-state index contributed by atoms with van der Waals surface area (Å²) in [7, 11) is 0. The molecule has 0 radical (unpaired) electrons. The number of anilines is 1. The van der Waals surface area contributed by atoms with E-state index in [0.717, 1.165) is 17.9 Å². The summed E-state index contributed by atoms with van der Waals surface area (Å²) in [6.45, 7) is 0.937. The summed E-state index contributed by atoms with van der Waals surface area (Å²) in [6, 6.07) is 3.37. The molecule has 2 N–H and O–H groups in total. The minimum absolute atomic E-state index is 0.0420. The van der Waals surface area contributed by atoms with Crippen LogP contribution in [-0.2, 0) is 4.79 Å². The predicted molar refractivity (Wildman–Crippen MR) is 76.0 cm³/mol. The van der Waals surface area contributed by atoms with Gasteiger partial charge in [-0.3, -0.25) is 9.59 Å². The molecule has 0 aliphatic carbocycles. The first-order chi connectivity index (χ1) is 9.97. The van der Waals surface area contributed by atoms with Crippen molar-refractivity contribution in [1.29, 1.82) is 0 Å². The maximum atomic E-state index is 13.4. The second-order valence-electron chi connectivity index (χ2n) is 4.40. The van der Waals surface area contributed by atoms with Crippen LogP contribution in [0.4, 0.5) is 14.9 Å². The monoisotopic (exact) mass is 312 g/mol. The fraction of sp³-hybridized carbons (Fsp3) is 0.308. The average Bonchev–Trinajstić information content (AvgIpc) is 2.81. The lowest BCUT2D eigenvalue weighted by Gasteiger charge is -2.14. The van der Waals surface area contributed by atoms with E-state index in [-0.39, 0.29) is 23.3 Å². The van der Waals surface area contributed by atoms with Crippen molar-refractivity contribution in [1.82, 2.24) is 4.90 Å². The lowest BCUT2D eigenvalue weighted by molar-refractivity contribution is -0.116. The minimum atomic E-state index is -1.37. The molecule has 1 aliphatic rings. The summed E-state index contributed by atoms with van der Waals surface area (Å²) in [5.41, 5.74) is -0.266. The molecule has 0 atom stereocenters. The second-order valence-corrected chi connectivity index (χ2v) is 5.45. The van der Waals surface area contributed by atoms with Crippen LogP contribution in [0, 0.1) is 5.82 Å². The Morgan fingerprint density at radius 2 is 2.19 bits per heavy atom. The summed E-state index contributed by atoms with van der Waals surface area (Å²) < 4.78 is 13.4. The molecule has 0 aromatic heterocycles. The van der Waals surface area contributed by atoms with Gasteiger partial charge in [0.15, 0.2) is 0 Å². The number of thioether (sulfide) groups is 1. The van der Waals surface area contributed by atoms with Crippen LogP contribution < -0.4 is 5.32 Å². The second kappa shape index (κ2) is 6.57. The van der Waals surface area contributed by atoms with Gasteiger partial charge in [-0.1, -0.05) is 11.8 Å². The highest BCUT2D eigenvalue weighted by atomic mass is 32.2. The van der Waals surface area contributed by atoms with Gasteiger partial charge in [0, 0.05) is 31.0 Å². The van der Waals surface area contributed by atoms with Gasteiger partial charge < -0.3 is 15.3 Å². The zero-order chi connectivity index (χ0) is 15.4. The number of nitrogens with one attached hydrogen (secondary N) is 1. The van der Waals surface area contributed by atoms with Gasteiger partial charge in [0.05, 0.1) is 5.56 Å². The van der Waals surface area contributed by atoms with Gasteiger partial charge in [-0.05, 0) is 18.2 Å². The molecule has 21 heavy (non-hydrogen) atoms. The lowest BCUT2D eigenvalue weighted by atomic mass is 10.2. The van der Waals surface area contributed by atoms with E-state index in [4.69, 9.17) is 5.11 Å². The van der Waals surface area contributed by atoms with Crippen molar-refractivity contribution < 1.29 is 23.9 Å². The van der Waals surface area contributed by atoms with Crippen molar-refractivity contribution in [3.8, 4) is 0 Å². The zero-order valence-corrected chi connectivity index (χ0v) is 11.8. The molecule has 1 aromatic rings. The van der Waals surface area contributed by atoms with Crippen molar-refractivity contribution >= 4 is 34.6 Å². The standard InChI is InChI=1S/C13H13FN2O4S/c14-10-7-8(1-2-9(10)12(18)19)15-11(17)3-4-16-5-6-21-13(16)20/h1-2,7H,3-6H2,(H,15,17)(H,18,19). The highest BCUT2D eigenvalue weighted by Gasteiger charge is 2.21. The molecule has 2 amide bonds. The number of halogens is 1. The van der Waals surface area contributed by atoms with E-state index in [1.54, 1.807) is 4.90 Å². The number of carbonyl (C=O) groups excluding carboxylic acids is 2. The molecule has 8 heteroatoms. The molecule has 6 nitrogen and oxygen atoms in total.